The molecule has 0 atom stereocenters. The molecule has 3 heteroatoms. The van der Waals surface area contributed by atoms with Crippen molar-refractivity contribution >= 4 is 5.91 Å². The van der Waals surface area contributed by atoms with Gasteiger partial charge in [-0.1, -0.05) is 27.7 Å². The number of rotatable bonds is 2. The molecule has 3 nitrogen and oxygen atoms in total. The molecule has 15 heavy (non-hydrogen) atoms. The molecule has 3 aliphatic rings. The fraction of sp³-hybridized carbons (Fsp3) is 0.917. The molecule has 90 valence electrons. The molecule has 2 bridgehead atoms. The molecular formula is C12H25NO2. The predicted molar refractivity (Wildman–Crippen MR) is 62.8 cm³/mol. The zero-order valence-corrected chi connectivity index (χ0v) is 10.7. The van der Waals surface area contributed by atoms with Crippen LogP contribution in [0.5, 0.6) is 0 Å². The first-order valence-electron chi connectivity index (χ1n) is 6.09. The SMILES string of the molecule is CC.CC.CC(=O)NCC12CC(CO1)C2. The minimum absolute atomic E-state index is 0.0380. The minimum Gasteiger partial charge on any atom is -0.373 e. The van der Waals surface area contributed by atoms with E-state index in [2.05, 4.69) is 5.32 Å². The molecule has 2 saturated heterocycles. The molecule has 1 N–H and O–H groups in total. The summed E-state index contributed by atoms with van der Waals surface area (Å²) in [5, 5.41) is 2.80. The van der Waals surface area contributed by atoms with Crippen LogP contribution in [0.15, 0.2) is 0 Å². The maximum atomic E-state index is 10.6. The number of carbonyl (C=O) groups excluding carboxylic acids is 1. The Morgan fingerprint density at radius 2 is 1.87 bits per heavy atom. The van der Waals surface area contributed by atoms with Gasteiger partial charge in [0.05, 0.1) is 12.2 Å². The van der Waals surface area contributed by atoms with Crippen molar-refractivity contribution in [2.24, 2.45) is 5.92 Å². The lowest BCUT2D eigenvalue weighted by atomic mass is 9.74. The average Bonchev–Trinajstić information content (AvgIpc) is 2.80. The van der Waals surface area contributed by atoms with E-state index in [1.54, 1.807) is 6.92 Å². The topological polar surface area (TPSA) is 38.3 Å². The highest BCUT2D eigenvalue weighted by atomic mass is 16.5. The molecule has 0 spiro atoms. The normalized spacial score (nSPS) is 30.1. The highest BCUT2D eigenvalue weighted by molar-refractivity contribution is 5.72. The van der Waals surface area contributed by atoms with Gasteiger partial charge in [0.15, 0.2) is 0 Å². The average molecular weight is 215 g/mol. The first-order chi connectivity index (χ1) is 7.20. The van der Waals surface area contributed by atoms with Gasteiger partial charge < -0.3 is 10.1 Å². The van der Waals surface area contributed by atoms with Crippen molar-refractivity contribution in [3.63, 3.8) is 0 Å². The van der Waals surface area contributed by atoms with Crippen molar-refractivity contribution in [3.8, 4) is 0 Å². The van der Waals surface area contributed by atoms with E-state index >= 15 is 0 Å². The molecular weight excluding hydrogens is 190 g/mol. The Kier molecular flexibility index (Phi) is 6.57. The maximum absolute atomic E-state index is 10.6. The lowest BCUT2D eigenvalue weighted by molar-refractivity contribution is -0.120. The van der Waals surface area contributed by atoms with Gasteiger partial charge in [0.1, 0.15) is 0 Å². The smallest absolute Gasteiger partial charge is 0.216 e. The second-order valence-corrected chi connectivity index (χ2v) is 3.68. The molecule has 2 heterocycles. The van der Waals surface area contributed by atoms with E-state index in [1.165, 1.54) is 0 Å². The van der Waals surface area contributed by atoms with Crippen LogP contribution in [0, 0.1) is 5.92 Å². The highest BCUT2D eigenvalue weighted by Crippen LogP contribution is 2.47. The van der Waals surface area contributed by atoms with Gasteiger partial charge in [0.2, 0.25) is 5.91 Å². The quantitative estimate of drug-likeness (QED) is 0.768. The number of ether oxygens (including phenoxy) is 1. The van der Waals surface area contributed by atoms with E-state index in [0.717, 1.165) is 25.4 Å². The summed E-state index contributed by atoms with van der Waals surface area (Å²) in [5.74, 6) is 0.821. The summed E-state index contributed by atoms with van der Waals surface area (Å²) >= 11 is 0. The van der Waals surface area contributed by atoms with Crippen molar-refractivity contribution in [3.05, 3.63) is 0 Å². The lowest BCUT2D eigenvalue weighted by Crippen LogP contribution is -2.46. The molecule has 0 radical (unpaired) electrons. The third-order valence-corrected chi connectivity index (χ3v) is 2.61. The van der Waals surface area contributed by atoms with Gasteiger partial charge in [-0.15, -0.1) is 0 Å². The standard InChI is InChI=1S/C8H13NO2.2C2H6/c1-6(10)9-5-8-2-7(3-8)4-11-8;2*1-2/h7H,2-5H2,1H3,(H,9,10);2*1-2H3. The largest absolute Gasteiger partial charge is 0.373 e. The lowest BCUT2D eigenvalue weighted by Gasteiger charge is -2.35. The summed E-state index contributed by atoms with van der Waals surface area (Å²) in [6, 6.07) is 0. The van der Waals surface area contributed by atoms with Crippen LogP contribution in [0.1, 0.15) is 47.5 Å². The van der Waals surface area contributed by atoms with Crippen LogP contribution in [-0.4, -0.2) is 24.7 Å². The van der Waals surface area contributed by atoms with Crippen molar-refractivity contribution < 1.29 is 9.53 Å². The van der Waals surface area contributed by atoms with Gasteiger partial charge in [0.25, 0.3) is 0 Å². The molecule has 2 aliphatic heterocycles. The van der Waals surface area contributed by atoms with E-state index in [9.17, 15) is 4.79 Å². The van der Waals surface area contributed by atoms with E-state index in [1.807, 2.05) is 27.7 Å². The first-order valence-corrected chi connectivity index (χ1v) is 6.09. The number of fused-ring (bicyclic) bond motifs is 1. The minimum atomic E-state index is 0.0380. The molecule has 3 fully saturated rings. The van der Waals surface area contributed by atoms with Crippen LogP contribution in [0.2, 0.25) is 0 Å². The Labute approximate surface area is 93.6 Å². The number of hydrogen-bond donors (Lipinski definition) is 1. The summed E-state index contributed by atoms with van der Waals surface area (Å²) in [4.78, 5) is 10.6. The number of carbonyl (C=O) groups is 1. The predicted octanol–water partition coefficient (Wildman–Crippen LogP) is 2.35. The van der Waals surface area contributed by atoms with Crippen LogP contribution >= 0.6 is 0 Å². The van der Waals surface area contributed by atoms with Gasteiger partial charge >= 0.3 is 0 Å². The van der Waals surface area contributed by atoms with E-state index in [0.29, 0.717) is 6.54 Å². The van der Waals surface area contributed by atoms with Gasteiger partial charge in [-0.25, -0.2) is 0 Å². The molecule has 0 unspecified atom stereocenters. The number of hydrogen-bond acceptors (Lipinski definition) is 2. The van der Waals surface area contributed by atoms with Crippen LogP contribution in [0.4, 0.5) is 0 Å². The van der Waals surface area contributed by atoms with Crippen LogP contribution in [-0.2, 0) is 9.53 Å². The van der Waals surface area contributed by atoms with E-state index in [-0.39, 0.29) is 11.5 Å². The molecule has 1 saturated carbocycles. The Bertz CT molecular complexity index is 181. The van der Waals surface area contributed by atoms with Crippen LogP contribution < -0.4 is 5.32 Å². The summed E-state index contributed by atoms with van der Waals surface area (Å²) in [5.41, 5.74) is 0.0380. The van der Waals surface area contributed by atoms with Crippen molar-refractivity contribution in [2.45, 2.75) is 53.1 Å². The van der Waals surface area contributed by atoms with Crippen LogP contribution in [0.25, 0.3) is 0 Å². The van der Waals surface area contributed by atoms with Crippen LogP contribution in [0.3, 0.4) is 0 Å². The van der Waals surface area contributed by atoms with Crippen molar-refractivity contribution in [1.82, 2.24) is 5.32 Å². The third-order valence-electron chi connectivity index (χ3n) is 2.61. The van der Waals surface area contributed by atoms with E-state index < -0.39 is 0 Å². The second kappa shape index (κ2) is 6.83. The Balaban J connectivity index is 0.000000442. The summed E-state index contributed by atoms with van der Waals surface area (Å²) < 4.78 is 5.55. The van der Waals surface area contributed by atoms with Crippen molar-refractivity contribution in [2.75, 3.05) is 13.2 Å². The second-order valence-electron chi connectivity index (χ2n) is 3.68. The van der Waals surface area contributed by atoms with Crippen molar-refractivity contribution in [1.29, 1.82) is 0 Å². The fourth-order valence-corrected chi connectivity index (χ4v) is 2.00. The summed E-state index contributed by atoms with van der Waals surface area (Å²) in [7, 11) is 0. The Morgan fingerprint density at radius 1 is 1.33 bits per heavy atom. The van der Waals surface area contributed by atoms with E-state index in [4.69, 9.17) is 4.74 Å². The molecule has 0 aromatic rings. The maximum Gasteiger partial charge on any atom is 0.216 e. The third kappa shape index (κ3) is 3.82. The first kappa shape index (κ1) is 14.4. The van der Waals surface area contributed by atoms with Gasteiger partial charge in [-0.3, -0.25) is 4.79 Å². The fourth-order valence-electron chi connectivity index (χ4n) is 2.00. The zero-order valence-electron chi connectivity index (χ0n) is 10.7. The number of amides is 1. The zero-order chi connectivity index (χ0) is 11.9. The highest BCUT2D eigenvalue weighted by Gasteiger charge is 2.51. The van der Waals surface area contributed by atoms with Gasteiger partial charge in [0, 0.05) is 13.5 Å². The van der Waals surface area contributed by atoms with Gasteiger partial charge in [-0.2, -0.15) is 0 Å². The Hall–Kier alpha value is -0.570. The molecule has 1 aliphatic carbocycles. The summed E-state index contributed by atoms with van der Waals surface area (Å²) in [6.45, 7) is 11.2. The molecule has 3 rings (SSSR count). The Morgan fingerprint density at radius 3 is 2.20 bits per heavy atom. The molecule has 1 amide bonds. The molecule has 0 aromatic heterocycles. The summed E-state index contributed by atoms with van der Waals surface area (Å²) in [6.07, 6.45) is 2.29. The van der Waals surface area contributed by atoms with Gasteiger partial charge in [-0.05, 0) is 18.8 Å². The number of nitrogens with one attached hydrogen (secondary N) is 1. The monoisotopic (exact) mass is 215 g/mol. The molecule has 0 aromatic carbocycles.